The molecule has 5 rings (SSSR count). The minimum Gasteiger partial charge on any atom is -0.484 e. The highest BCUT2D eigenvalue weighted by molar-refractivity contribution is 7.91. The van der Waals surface area contributed by atoms with Gasteiger partial charge in [0.15, 0.2) is 28.6 Å². The third-order valence-electron chi connectivity index (χ3n) is 6.49. The fraction of sp³-hybridized carbons (Fsp3) is 0.156. The van der Waals surface area contributed by atoms with E-state index in [2.05, 4.69) is 10.3 Å². The number of nitrogens with zero attached hydrogens (tertiary/aromatic N) is 1. The second kappa shape index (κ2) is 13.6. The molecule has 0 aliphatic heterocycles. The Kier molecular flexibility index (Phi) is 9.47. The molecule has 2 N–H and O–H groups in total. The lowest BCUT2D eigenvalue weighted by Gasteiger charge is -2.14. The van der Waals surface area contributed by atoms with Crippen LogP contribution in [0, 0.1) is 0 Å². The van der Waals surface area contributed by atoms with Crippen LogP contribution >= 0.6 is 11.6 Å². The van der Waals surface area contributed by atoms with E-state index in [9.17, 15) is 18.0 Å². The van der Waals surface area contributed by atoms with Gasteiger partial charge in [0.1, 0.15) is 17.0 Å². The molecular weight excluding hydrogens is 608 g/mol. The van der Waals surface area contributed by atoms with Gasteiger partial charge in [-0.05, 0) is 85.1 Å². The largest absolute Gasteiger partial charge is 0.484 e. The number of hydrogen-bond donors (Lipinski definition) is 2. The number of halogens is 1. The van der Waals surface area contributed by atoms with Gasteiger partial charge in [0, 0.05) is 10.6 Å². The van der Waals surface area contributed by atoms with Crippen LogP contribution in [-0.4, -0.2) is 42.7 Å². The maximum atomic E-state index is 13.2. The Labute approximate surface area is 258 Å². The van der Waals surface area contributed by atoms with Gasteiger partial charge in [-0.1, -0.05) is 35.9 Å². The molecule has 0 unspecified atom stereocenters. The highest BCUT2D eigenvalue weighted by atomic mass is 35.5. The number of anilines is 1. The van der Waals surface area contributed by atoms with Crippen molar-refractivity contribution >= 4 is 50.1 Å². The summed E-state index contributed by atoms with van der Waals surface area (Å²) >= 11 is 5.87. The summed E-state index contributed by atoms with van der Waals surface area (Å²) in [5.41, 5.74) is 2.61. The second-order valence-corrected chi connectivity index (χ2v) is 12.3. The average Bonchev–Trinajstić information content (AvgIpc) is 3.43. The predicted molar refractivity (Wildman–Crippen MR) is 164 cm³/mol. The minimum atomic E-state index is -3.51. The lowest BCUT2D eigenvalue weighted by molar-refractivity contribution is -0.139. The molecule has 12 heteroatoms. The number of carboxylic acid groups (broad SMARTS) is 1. The molecule has 226 valence electrons. The zero-order valence-corrected chi connectivity index (χ0v) is 24.8. The van der Waals surface area contributed by atoms with Gasteiger partial charge < -0.3 is 24.3 Å². The van der Waals surface area contributed by atoms with Crippen LogP contribution in [0.25, 0.3) is 11.1 Å². The van der Waals surface area contributed by atoms with Gasteiger partial charge in [0.05, 0.1) is 16.3 Å². The highest BCUT2D eigenvalue weighted by Gasteiger charge is 2.16. The molecule has 0 saturated heterocycles. The first-order chi connectivity index (χ1) is 21.2. The Bertz CT molecular complexity index is 1870. The molecule has 4 aromatic carbocycles. The normalized spacial score (nSPS) is 11.3. The Balaban J connectivity index is 1.26. The van der Waals surface area contributed by atoms with Crippen molar-refractivity contribution in [1.82, 2.24) is 4.98 Å². The molecule has 0 radical (unpaired) electrons. The summed E-state index contributed by atoms with van der Waals surface area (Å²) in [6.45, 7) is -0.552. The number of benzene rings is 4. The van der Waals surface area contributed by atoms with Crippen molar-refractivity contribution < 1.29 is 37.0 Å². The molecule has 0 bridgehead atoms. The summed E-state index contributed by atoms with van der Waals surface area (Å²) in [6, 6.07) is 24.7. The number of nitrogens with one attached hydrogen (secondary N) is 1. The first kappa shape index (κ1) is 30.6. The minimum absolute atomic E-state index is 0.0582. The first-order valence-electron chi connectivity index (χ1n) is 13.5. The van der Waals surface area contributed by atoms with E-state index < -0.39 is 28.3 Å². The topological polar surface area (TPSA) is 145 Å². The summed E-state index contributed by atoms with van der Waals surface area (Å²) in [5, 5.41) is 12.3. The van der Waals surface area contributed by atoms with Crippen LogP contribution < -0.4 is 14.8 Å². The molecule has 0 aliphatic rings. The number of aromatic nitrogens is 1. The number of aryl methyl sites for hydroxylation is 1. The van der Waals surface area contributed by atoms with Gasteiger partial charge in [0.2, 0.25) is 5.89 Å². The van der Waals surface area contributed by atoms with Crippen LogP contribution in [0.15, 0.2) is 100 Å². The maximum absolute atomic E-state index is 13.2. The van der Waals surface area contributed by atoms with Crippen molar-refractivity contribution in [3.05, 3.63) is 113 Å². The monoisotopic (exact) mass is 634 g/mol. The number of sulfone groups is 1. The molecule has 0 fully saturated rings. The number of para-hydroxylation sites is 2. The molecule has 5 aromatic rings. The number of fused-ring (bicyclic) bond motifs is 1. The SMILES string of the molecule is O=C(O)COc1ccc(CCCS(=O)(=O)c2ccc(Cl)cc2)cc1NC(=O)c1cccc(OCc2nc3ccccc3o2)c1. The van der Waals surface area contributed by atoms with Crippen molar-refractivity contribution in [3.63, 3.8) is 0 Å². The first-order valence-corrected chi connectivity index (χ1v) is 15.5. The Morgan fingerprint density at radius 2 is 1.73 bits per heavy atom. The van der Waals surface area contributed by atoms with E-state index in [1.54, 1.807) is 42.5 Å². The van der Waals surface area contributed by atoms with Gasteiger partial charge in [-0.25, -0.2) is 18.2 Å². The van der Waals surface area contributed by atoms with E-state index in [1.165, 1.54) is 24.3 Å². The van der Waals surface area contributed by atoms with Gasteiger partial charge in [-0.3, -0.25) is 4.79 Å². The van der Waals surface area contributed by atoms with E-state index in [1.807, 2.05) is 24.3 Å². The molecule has 10 nitrogen and oxygen atoms in total. The van der Waals surface area contributed by atoms with Crippen molar-refractivity contribution in [3.8, 4) is 11.5 Å². The maximum Gasteiger partial charge on any atom is 0.341 e. The standard InChI is InChI=1S/C32H27ClN2O8S/c33-23-11-13-25(14-12-23)44(39,40)16-4-5-21-10-15-28(42-20-31(36)37)27(17-21)35-32(38)22-6-3-7-24(18-22)41-19-30-34-26-8-1-2-9-29(26)43-30/h1-3,6-15,17-18H,4-5,16,19-20H2,(H,35,38)(H,36,37). The third kappa shape index (κ3) is 7.94. The van der Waals surface area contributed by atoms with Gasteiger partial charge in [-0.2, -0.15) is 0 Å². The van der Waals surface area contributed by atoms with Crippen molar-refractivity contribution in [2.75, 3.05) is 17.7 Å². The van der Waals surface area contributed by atoms with E-state index in [4.69, 9.17) is 30.6 Å². The number of carboxylic acids is 1. The number of amides is 1. The molecule has 0 atom stereocenters. The van der Waals surface area contributed by atoms with Gasteiger partial charge >= 0.3 is 5.97 Å². The molecule has 0 saturated carbocycles. The predicted octanol–water partition coefficient (Wildman–Crippen LogP) is 6.18. The Hall–Kier alpha value is -4.87. The number of carbonyl (C=O) groups excluding carboxylic acids is 1. The number of rotatable bonds is 13. The summed E-state index contributed by atoms with van der Waals surface area (Å²) in [7, 11) is -3.51. The summed E-state index contributed by atoms with van der Waals surface area (Å²) in [4.78, 5) is 28.9. The molecule has 1 heterocycles. The second-order valence-electron chi connectivity index (χ2n) is 9.74. The molecule has 1 amide bonds. The third-order valence-corrected chi connectivity index (χ3v) is 8.56. The van der Waals surface area contributed by atoms with Gasteiger partial charge in [0.25, 0.3) is 5.91 Å². The van der Waals surface area contributed by atoms with Crippen LogP contribution in [0.2, 0.25) is 5.02 Å². The summed E-state index contributed by atoms with van der Waals surface area (Å²) < 4.78 is 42.3. The van der Waals surface area contributed by atoms with E-state index >= 15 is 0 Å². The lowest BCUT2D eigenvalue weighted by atomic mass is 10.1. The van der Waals surface area contributed by atoms with Crippen LogP contribution in [0.4, 0.5) is 5.69 Å². The summed E-state index contributed by atoms with van der Waals surface area (Å²) in [6.07, 6.45) is 0.696. The molecular formula is C32H27ClN2O8S. The zero-order chi connectivity index (χ0) is 31.1. The quantitative estimate of drug-likeness (QED) is 0.155. The zero-order valence-electron chi connectivity index (χ0n) is 23.2. The summed E-state index contributed by atoms with van der Waals surface area (Å²) in [5.74, 6) is -0.801. The van der Waals surface area contributed by atoms with Crippen molar-refractivity contribution in [2.45, 2.75) is 24.3 Å². The Morgan fingerprint density at radius 3 is 2.50 bits per heavy atom. The van der Waals surface area contributed by atoms with E-state index in [0.717, 1.165) is 5.56 Å². The number of oxazole rings is 1. The molecule has 1 aromatic heterocycles. The highest BCUT2D eigenvalue weighted by Crippen LogP contribution is 2.28. The van der Waals surface area contributed by atoms with Crippen LogP contribution in [-0.2, 0) is 27.7 Å². The van der Waals surface area contributed by atoms with Crippen LogP contribution in [0.3, 0.4) is 0 Å². The van der Waals surface area contributed by atoms with Crippen LogP contribution in [0.5, 0.6) is 11.5 Å². The number of aliphatic carboxylic acids is 1. The average molecular weight is 635 g/mol. The van der Waals surface area contributed by atoms with Crippen molar-refractivity contribution in [2.24, 2.45) is 0 Å². The van der Waals surface area contributed by atoms with Crippen LogP contribution in [0.1, 0.15) is 28.2 Å². The van der Waals surface area contributed by atoms with Gasteiger partial charge in [-0.15, -0.1) is 0 Å². The molecule has 0 spiro atoms. The van der Waals surface area contributed by atoms with E-state index in [0.29, 0.717) is 40.6 Å². The molecule has 44 heavy (non-hydrogen) atoms. The smallest absolute Gasteiger partial charge is 0.341 e. The number of carbonyl (C=O) groups is 2. The number of ether oxygens (including phenoxy) is 2. The Morgan fingerprint density at radius 1 is 0.932 bits per heavy atom. The van der Waals surface area contributed by atoms with E-state index in [-0.39, 0.29) is 34.3 Å². The van der Waals surface area contributed by atoms with Crippen molar-refractivity contribution in [1.29, 1.82) is 0 Å². The number of hydrogen-bond acceptors (Lipinski definition) is 8. The lowest BCUT2D eigenvalue weighted by Crippen LogP contribution is -2.15. The fourth-order valence-electron chi connectivity index (χ4n) is 4.37. The molecule has 0 aliphatic carbocycles. The fourth-order valence-corrected chi connectivity index (χ4v) is 5.81.